The fraction of sp³-hybridized carbons (Fsp3) is 0.909. The van der Waals surface area contributed by atoms with Crippen LogP contribution in [0.4, 0.5) is 0 Å². The first kappa shape index (κ1) is 26.1. The van der Waals surface area contributed by atoms with Crippen LogP contribution in [-0.4, -0.2) is 46.1 Å². The third-order valence-corrected chi connectivity index (χ3v) is 11.2. The summed E-state index contributed by atoms with van der Waals surface area (Å²) in [5.74, 6) is 0.0589. The Morgan fingerprint density at radius 2 is 1.69 bits per heavy atom. The Balaban J connectivity index is 2.64. The molecule has 0 amide bonds. The molecule has 0 radical (unpaired) electrons. The third kappa shape index (κ3) is 8.38. The number of carbonyl (C=O) groups is 2. The molecule has 0 aliphatic heterocycles. The number of unbranched alkanes of at least 4 members (excludes halogenated alkanes) is 3. The summed E-state index contributed by atoms with van der Waals surface area (Å²) in [7, 11) is -0.433. The second kappa shape index (κ2) is 11.5. The molecule has 0 aromatic carbocycles. The van der Waals surface area contributed by atoms with Crippen molar-refractivity contribution >= 4 is 20.3 Å². The lowest BCUT2D eigenvalue weighted by atomic mass is 9.88. The van der Waals surface area contributed by atoms with Gasteiger partial charge >= 0.3 is 11.9 Å². The van der Waals surface area contributed by atoms with E-state index in [1.54, 1.807) is 0 Å². The fourth-order valence-corrected chi connectivity index (χ4v) is 4.88. The topological polar surface area (TPSA) is 87.9 Å². The van der Waals surface area contributed by atoms with E-state index in [-0.39, 0.29) is 41.0 Å². The molecule has 29 heavy (non-hydrogen) atoms. The molecule has 0 aromatic heterocycles. The van der Waals surface area contributed by atoms with Gasteiger partial charge in [-0.2, -0.15) is 0 Å². The summed E-state index contributed by atoms with van der Waals surface area (Å²) in [5.41, 5.74) is 6.47. The fourth-order valence-electron chi connectivity index (χ4n) is 3.83. The van der Waals surface area contributed by atoms with Gasteiger partial charge < -0.3 is 19.6 Å². The van der Waals surface area contributed by atoms with Gasteiger partial charge in [-0.3, -0.25) is 9.59 Å². The van der Waals surface area contributed by atoms with Gasteiger partial charge in [0.25, 0.3) is 0 Å². The van der Waals surface area contributed by atoms with Crippen LogP contribution in [-0.2, 0) is 23.5 Å². The zero-order valence-corrected chi connectivity index (χ0v) is 20.6. The van der Waals surface area contributed by atoms with Gasteiger partial charge in [0, 0.05) is 44.2 Å². The minimum Gasteiger partial charge on any atom is -0.469 e. The predicted octanol–water partition coefficient (Wildman–Crippen LogP) is 4.42. The predicted molar refractivity (Wildman–Crippen MR) is 118 cm³/mol. The number of hydrogen-bond donors (Lipinski definition) is 1. The van der Waals surface area contributed by atoms with Crippen molar-refractivity contribution in [3.63, 3.8) is 0 Å². The maximum Gasteiger partial charge on any atom is 0.305 e. The van der Waals surface area contributed by atoms with Crippen LogP contribution in [0.25, 0.3) is 0 Å². The molecular formula is C22H43NO5Si. The van der Waals surface area contributed by atoms with Crippen LogP contribution in [0.5, 0.6) is 0 Å². The van der Waals surface area contributed by atoms with E-state index in [1.165, 1.54) is 14.0 Å². The molecule has 1 aliphatic carbocycles. The van der Waals surface area contributed by atoms with Crippen LogP contribution in [0.15, 0.2) is 0 Å². The number of hydrogen-bond acceptors (Lipinski definition) is 6. The Kier molecular flexibility index (Phi) is 10.3. The molecule has 0 spiro atoms. The van der Waals surface area contributed by atoms with Crippen LogP contribution in [0.1, 0.15) is 72.6 Å². The van der Waals surface area contributed by atoms with E-state index in [2.05, 4.69) is 38.6 Å². The molecule has 0 saturated heterocycles. The van der Waals surface area contributed by atoms with E-state index in [4.69, 9.17) is 14.9 Å². The van der Waals surface area contributed by atoms with Crippen molar-refractivity contribution in [2.45, 2.75) is 103 Å². The van der Waals surface area contributed by atoms with Crippen molar-refractivity contribution < 1.29 is 23.5 Å². The van der Waals surface area contributed by atoms with Crippen molar-refractivity contribution in [2.24, 2.45) is 17.6 Å². The lowest BCUT2D eigenvalue weighted by Gasteiger charge is -2.38. The summed E-state index contributed by atoms with van der Waals surface area (Å²) < 4.78 is 16.8. The molecule has 0 bridgehead atoms. The van der Waals surface area contributed by atoms with Gasteiger partial charge in [0.15, 0.2) is 8.32 Å². The van der Waals surface area contributed by atoms with Gasteiger partial charge in [-0.1, -0.05) is 40.0 Å². The van der Waals surface area contributed by atoms with Gasteiger partial charge in [0.2, 0.25) is 0 Å². The molecule has 0 heterocycles. The van der Waals surface area contributed by atoms with Crippen LogP contribution in [0, 0.1) is 11.8 Å². The smallest absolute Gasteiger partial charge is 0.305 e. The second-order valence-electron chi connectivity index (χ2n) is 9.98. The van der Waals surface area contributed by atoms with E-state index in [0.717, 1.165) is 32.1 Å². The van der Waals surface area contributed by atoms with Crippen LogP contribution in [0.2, 0.25) is 18.1 Å². The summed E-state index contributed by atoms with van der Waals surface area (Å²) in [6.07, 6.45) is 5.96. The highest BCUT2D eigenvalue weighted by atomic mass is 28.4. The van der Waals surface area contributed by atoms with Crippen molar-refractivity contribution in [1.29, 1.82) is 0 Å². The summed E-state index contributed by atoms with van der Waals surface area (Å²) in [6.45, 7) is 13.3. The van der Waals surface area contributed by atoms with Gasteiger partial charge in [-0.05, 0) is 31.0 Å². The Hall–Kier alpha value is -0.923. The van der Waals surface area contributed by atoms with Crippen molar-refractivity contribution in [1.82, 2.24) is 0 Å². The maximum atomic E-state index is 11.6. The zero-order chi connectivity index (χ0) is 22.2. The van der Waals surface area contributed by atoms with Crippen LogP contribution in [0.3, 0.4) is 0 Å². The molecule has 170 valence electrons. The average molecular weight is 430 g/mol. The highest BCUT2D eigenvalue weighted by molar-refractivity contribution is 6.74. The molecule has 4 atom stereocenters. The Bertz CT molecular complexity index is 532. The molecular weight excluding hydrogens is 386 g/mol. The van der Waals surface area contributed by atoms with Crippen molar-refractivity contribution in [2.75, 3.05) is 13.7 Å². The monoisotopic (exact) mass is 429 g/mol. The molecule has 4 unspecified atom stereocenters. The molecule has 1 rings (SSSR count). The number of methoxy groups -OCH3 is 1. The summed E-state index contributed by atoms with van der Waals surface area (Å²) in [5, 5.41) is 0.153. The number of rotatable bonds is 11. The van der Waals surface area contributed by atoms with Gasteiger partial charge in [-0.15, -0.1) is 0 Å². The quantitative estimate of drug-likeness (QED) is 0.297. The molecule has 0 aromatic rings. The Morgan fingerprint density at radius 1 is 1.07 bits per heavy atom. The number of carbonyl (C=O) groups excluding carboxylic acids is 2. The number of nitrogens with two attached hydrogens (primary N) is 1. The summed E-state index contributed by atoms with van der Waals surface area (Å²) in [4.78, 5) is 22.8. The lowest BCUT2D eigenvalue weighted by molar-refractivity contribution is -0.148. The standard InChI is InChI=1S/C22H43NO5Si/c1-16(24)28-20-14-19(23)18(15-27-29(6,7)22(2,3)4)17(20)12-10-8-9-11-13-21(25)26-5/h17-20H,8-15,23H2,1-7H3. The Labute approximate surface area is 178 Å². The first-order valence-electron chi connectivity index (χ1n) is 11.0. The first-order valence-corrected chi connectivity index (χ1v) is 13.9. The van der Waals surface area contributed by atoms with E-state index < -0.39 is 8.32 Å². The minimum atomic E-state index is -1.86. The number of ether oxygens (including phenoxy) is 2. The van der Waals surface area contributed by atoms with E-state index in [1.807, 2.05) is 0 Å². The molecule has 1 fully saturated rings. The Morgan fingerprint density at radius 3 is 2.24 bits per heavy atom. The van der Waals surface area contributed by atoms with Crippen LogP contribution >= 0.6 is 0 Å². The van der Waals surface area contributed by atoms with Gasteiger partial charge in [-0.25, -0.2) is 0 Å². The first-order chi connectivity index (χ1) is 13.4. The van der Waals surface area contributed by atoms with E-state index >= 15 is 0 Å². The van der Waals surface area contributed by atoms with Crippen molar-refractivity contribution in [3.8, 4) is 0 Å². The molecule has 1 aliphatic rings. The molecule has 1 saturated carbocycles. The molecule has 7 heteroatoms. The summed E-state index contributed by atoms with van der Waals surface area (Å²) in [6, 6.07) is -0.00607. The highest BCUT2D eigenvalue weighted by Gasteiger charge is 2.45. The second-order valence-corrected chi connectivity index (χ2v) is 14.8. The SMILES string of the molecule is COC(=O)CCCCCCC1C(OC(C)=O)CC(N)C1CO[Si](C)(C)C(C)(C)C. The molecule has 6 nitrogen and oxygen atoms in total. The average Bonchev–Trinajstić information content (AvgIpc) is 2.88. The number of esters is 2. The minimum absolute atomic E-state index is 0.00607. The van der Waals surface area contributed by atoms with E-state index in [0.29, 0.717) is 19.4 Å². The molecule has 2 N–H and O–H groups in total. The summed E-state index contributed by atoms with van der Waals surface area (Å²) >= 11 is 0. The zero-order valence-electron chi connectivity index (χ0n) is 19.6. The highest BCUT2D eigenvalue weighted by Crippen LogP contribution is 2.41. The van der Waals surface area contributed by atoms with Gasteiger partial charge in [0.1, 0.15) is 6.10 Å². The van der Waals surface area contributed by atoms with Crippen molar-refractivity contribution in [3.05, 3.63) is 0 Å². The largest absolute Gasteiger partial charge is 0.469 e. The maximum absolute atomic E-state index is 11.6. The van der Waals surface area contributed by atoms with Crippen LogP contribution < -0.4 is 5.73 Å². The lowest BCUT2D eigenvalue weighted by Crippen LogP contribution is -2.44. The third-order valence-electron chi connectivity index (χ3n) is 6.74. The normalized spacial score (nSPS) is 25.1. The van der Waals surface area contributed by atoms with E-state index in [9.17, 15) is 9.59 Å². The van der Waals surface area contributed by atoms with Gasteiger partial charge in [0.05, 0.1) is 7.11 Å².